The standard InChI is InChI=1S/C18H21N9O9/c1-21-6-9-36-15(30)24-12-27-17(32)25(10-22-13(28)34-7-2-4-19)16(31)26(18(27)33)11-23-14(29)35-8-3-5-20/h2-3,6-12H2,(H,22,28)(H,23,29)(H,24,30). The summed E-state index contributed by atoms with van der Waals surface area (Å²) in [6.07, 6.45) is -3.40. The van der Waals surface area contributed by atoms with Gasteiger partial charge in [0.15, 0.2) is 6.61 Å². The molecular formula is C18H21N9O9. The maximum Gasteiger partial charge on any atom is 0.408 e. The van der Waals surface area contributed by atoms with Gasteiger partial charge < -0.3 is 35.0 Å². The SMILES string of the molecule is [C-]#[N+]CCOC(=O)NCn1c(=O)n(CNC(=O)OCCC#N)c(=O)n(CNC(=O)OCCC#N)c1=O. The molecule has 0 aliphatic heterocycles. The van der Waals surface area contributed by atoms with Crippen molar-refractivity contribution in [3.8, 4) is 12.1 Å². The molecule has 0 fully saturated rings. The molecule has 0 atom stereocenters. The van der Waals surface area contributed by atoms with E-state index in [9.17, 15) is 28.8 Å². The van der Waals surface area contributed by atoms with E-state index in [1.165, 1.54) is 0 Å². The Morgan fingerprint density at radius 2 is 1.06 bits per heavy atom. The van der Waals surface area contributed by atoms with Crippen LogP contribution in [0, 0.1) is 29.2 Å². The molecule has 0 saturated heterocycles. The summed E-state index contributed by atoms with van der Waals surface area (Å²) < 4.78 is 15.2. The summed E-state index contributed by atoms with van der Waals surface area (Å²) in [6.45, 7) is 3.45. The van der Waals surface area contributed by atoms with Crippen LogP contribution in [0.1, 0.15) is 12.8 Å². The second-order valence-electron chi connectivity index (χ2n) is 6.24. The van der Waals surface area contributed by atoms with Crippen LogP contribution in [-0.2, 0) is 34.2 Å². The molecule has 0 bridgehead atoms. The molecule has 36 heavy (non-hydrogen) atoms. The van der Waals surface area contributed by atoms with Crippen molar-refractivity contribution in [2.45, 2.75) is 32.8 Å². The summed E-state index contributed by atoms with van der Waals surface area (Å²) in [5.41, 5.74) is -3.72. The van der Waals surface area contributed by atoms with Crippen LogP contribution in [0.5, 0.6) is 0 Å². The summed E-state index contributed by atoms with van der Waals surface area (Å²) >= 11 is 0. The first-order valence-electron chi connectivity index (χ1n) is 10.00. The number of carbonyl (C=O) groups excluding carboxylic acids is 3. The third-order valence-corrected chi connectivity index (χ3v) is 3.86. The van der Waals surface area contributed by atoms with Crippen molar-refractivity contribution < 1.29 is 28.6 Å². The quantitative estimate of drug-likeness (QED) is 0.158. The zero-order chi connectivity index (χ0) is 26.9. The van der Waals surface area contributed by atoms with E-state index in [4.69, 9.17) is 17.1 Å². The van der Waals surface area contributed by atoms with Gasteiger partial charge in [0, 0.05) is 0 Å². The molecule has 18 nitrogen and oxygen atoms in total. The van der Waals surface area contributed by atoms with E-state index in [1.807, 2.05) is 0 Å². The summed E-state index contributed by atoms with van der Waals surface area (Å²) in [5, 5.41) is 23.2. The Labute approximate surface area is 202 Å². The molecule has 0 spiro atoms. The van der Waals surface area contributed by atoms with Gasteiger partial charge >= 0.3 is 35.3 Å². The molecule has 1 heterocycles. The van der Waals surface area contributed by atoms with Crippen LogP contribution >= 0.6 is 0 Å². The average molecular weight is 507 g/mol. The Morgan fingerprint density at radius 1 is 0.722 bits per heavy atom. The van der Waals surface area contributed by atoms with Crippen molar-refractivity contribution >= 4 is 18.3 Å². The van der Waals surface area contributed by atoms with Crippen LogP contribution < -0.4 is 33.0 Å². The zero-order valence-electron chi connectivity index (χ0n) is 18.7. The highest BCUT2D eigenvalue weighted by Gasteiger charge is 2.18. The minimum atomic E-state index is -1.24. The third kappa shape index (κ3) is 9.28. The third-order valence-electron chi connectivity index (χ3n) is 3.86. The molecule has 18 heteroatoms. The number of carbonyl (C=O) groups is 3. The number of ether oxygens (including phenoxy) is 3. The fourth-order valence-electron chi connectivity index (χ4n) is 2.24. The first-order chi connectivity index (χ1) is 17.3. The number of rotatable bonds is 12. The minimum Gasteiger partial charge on any atom is -0.448 e. The molecule has 0 aliphatic rings. The lowest BCUT2D eigenvalue weighted by Crippen LogP contribution is -2.58. The van der Waals surface area contributed by atoms with E-state index < -0.39 is 55.4 Å². The molecule has 1 aromatic heterocycles. The van der Waals surface area contributed by atoms with E-state index in [2.05, 4.69) is 35.0 Å². The second kappa shape index (κ2) is 15.5. The monoisotopic (exact) mass is 507 g/mol. The molecule has 0 aliphatic carbocycles. The van der Waals surface area contributed by atoms with Gasteiger partial charge in [-0.3, -0.25) is 0 Å². The number of amides is 3. The van der Waals surface area contributed by atoms with Gasteiger partial charge in [-0.25, -0.2) is 49.0 Å². The lowest BCUT2D eigenvalue weighted by atomic mass is 10.5. The Hall–Kier alpha value is -5.31. The fourth-order valence-corrected chi connectivity index (χ4v) is 2.24. The maximum absolute atomic E-state index is 12.7. The van der Waals surface area contributed by atoms with Crippen molar-refractivity contribution in [3.63, 3.8) is 0 Å². The van der Waals surface area contributed by atoms with Gasteiger partial charge in [-0.1, -0.05) is 0 Å². The van der Waals surface area contributed by atoms with Gasteiger partial charge in [-0.05, 0) is 0 Å². The summed E-state index contributed by atoms with van der Waals surface area (Å²) in [7, 11) is 0. The maximum atomic E-state index is 12.7. The van der Waals surface area contributed by atoms with Crippen molar-refractivity contribution in [2.24, 2.45) is 0 Å². The van der Waals surface area contributed by atoms with Gasteiger partial charge in [0.05, 0.1) is 25.0 Å². The lowest BCUT2D eigenvalue weighted by Gasteiger charge is -2.15. The topological polar surface area (TPSA) is 233 Å². The van der Waals surface area contributed by atoms with E-state index in [-0.39, 0.29) is 39.2 Å². The highest BCUT2D eigenvalue weighted by molar-refractivity contribution is 5.67. The Bertz CT molecular complexity index is 1060. The Morgan fingerprint density at radius 3 is 1.36 bits per heavy atom. The van der Waals surface area contributed by atoms with Crippen LogP contribution in [0.2, 0.25) is 0 Å². The smallest absolute Gasteiger partial charge is 0.408 e. The first kappa shape index (κ1) is 28.7. The second-order valence-corrected chi connectivity index (χ2v) is 6.24. The first-order valence-corrected chi connectivity index (χ1v) is 10.00. The number of hydrogen-bond donors (Lipinski definition) is 3. The van der Waals surface area contributed by atoms with Crippen LogP contribution in [0.4, 0.5) is 14.4 Å². The van der Waals surface area contributed by atoms with E-state index >= 15 is 0 Å². The van der Waals surface area contributed by atoms with Crippen LogP contribution in [0.15, 0.2) is 14.4 Å². The normalized spacial score (nSPS) is 9.58. The number of hydrogen-bond acceptors (Lipinski definition) is 11. The van der Waals surface area contributed by atoms with Crippen molar-refractivity contribution in [3.05, 3.63) is 42.9 Å². The summed E-state index contributed by atoms with van der Waals surface area (Å²) in [4.78, 5) is 76.3. The highest BCUT2D eigenvalue weighted by Crippen LogP contribution is 1.85. The molecule has 0 radical (unpaired) electrons. The van der Waals surface area contributed by atoms with Crippen molar-refractivity contribution in [2.75, 3.05) is 26.4 Å². The molecule has 0 aromatic carbocycles. The molecule has 3 amide bonds. The Balaban J connectivity index is 3.17. The molecule has 192 valence electrons. The van der Waals surface area contributed by atoms with E-state index in [1.54, 1.807) is 12.1 Å². The number of aromatic nitrogens is 3. The van der Waals surface area contributed by atoms with Gasteiger partial charge in [-0.2, -0.15) is 10.5 Å². The molecule has 1 rings (SSSR count). The zero-order valence-corrected chi connectivity index (χ0v) is 18.7. The van der Waals surface area contributed by atoms with Gasteiger partial charge in [0.25, 0.3) is 0 Å². The number of alkyl carbamates (subject to hydrolysis) is 3. The van der Waals surface area contributed by atoms with Crippen LogP contribution in [-0.4, -0.2) is 58.3 Å². The van der Waals surface area contributed by atoms with Gasteiger partial charge in [-0.15, -0.1) is 0 Å². The van der Waals surface area contributed by atoms with Gasteiger partial charge in [0.1, 0.15) is 33.2 Å². The largest absolute Gasteiger partial charge is 0.448 e. The van der Waals surface area contributed by atoms with E-state index in [0.29, 0.717) is 13.7 Å². The minimum absolute atomic E-state index is 0.0984. The summed E-state index contributed by atoms with van der Waals surface area (Å²) in [6, 6.07) is 3.49. The number of nitrogens with zero attached hydrogens (tertiary/aromatic N) is 6. The van der Waals surface area contributed by atoms with Crippen molar-refractivity contribution in [1.29, 1.82) is 10.5 Å². The predicted octanol–water partition coefficient (Wildman–Crippen LogP) is -2.03. The van der Waals surface area contributed by atoms with E-state index in [0.717, 1.165) is 0 Å². The summed E-state index contributed by atoms with van der Waals surface area (Å²) in [5.74, 6) is 0. The van der Waals surface area contributed by atoms with Crippen molar-refractivity contribution in [1.82, 2.24) is 29.7 Å². The van der Waals surface area contributed by atoms with Crippen LogP contribution in [0.25, 0.3) is 4.85 Å². The average Bonchev–Trinajstić information content (AvgIpc) is 2.84. The molecular weight excluding hydrogens is 486 g/mol. The molecule has 1 aromatic rings. The number of nitrogens with one attached hydrogen (secondary N) is 3. The predicted molar refractivity (Wildman–Crippen MR) is 115 cm³/mol. The van der Waals surface area contributed by atoms with Gasteiger partial charge in [0.2, 0.25) is 6.54 Å². The molecule has 3 N–H and O–H groups in total. The highest BCUT2D eigenvalue weighted by atomic mass is 16.6. The lowest BCUT2D eigenvalue weighted by molar-refractivity contribution is 0.144. The fraction of sp³-hybridized carbons (Fsp3) is 0.500. The van der Waals surface area contributed by atoms with Crippen LogP contribution in [0.3, 0.4) is 0 Å². The molecule has 0 saturated carbocycles. The molecule has 0 unspecified atom stereocenters. The number of nitriles is 2. The Kier molecular flexibility index (Phi) is 12.4.